The number of H-pyrrole nitrogens is 1. The van der Waals surface area contributed by atoms with E-state index in [1.165, 1.54) is 29.2 Å². The number of amides is 1. The lowest BCUT2D eigenvalue weighted by Crippen LogP contribution is -2.15. The topological polar surface area (TPSA) is 108 Å². The van der Waals surface area contributed by atoms with Crippen LogP contribution < -0.4 is 5.32 Å². The lowest BCUT2D eigenvalue weighted by atomic mass is 9.92. The van der Waals surface area contributed by atoms with Crippen molar-refractivity contribution >= 4 is 28.3 Å². The van der Waals surface area contributed by atoms with E-state index in [4.69, 9.17) is 0 Å². The van der Waals surface area contributed by atoms with Crippen LogP contribution in [0, 0.1) is 17.7 Å². The molecular formula is C22H18F4N6O2. The fourth-order valence-corrected chi connectivity index (χ4v) is 4.34. The van der Waals surface area contributed by atoms with Crippen LogP contribution in [0.5, 0.6) is 0 Å². The molecule has 3 atom stereocenters. The molecule has 12 heteroatoms. The molecule has 1 amide bonds. The number of nitrogens with zero attached hydrogens (tertiary/aromatic N) is 4. The van der Waals surface area contributed by atoms with E-state index in [0.717, 1.165) is 0 Å². The second kappa shape index (κ2) is 7.49. The number of benzene rings is 1. The van der Waals surface area contributed by atoms with Gasteiger partial charge in [0.2, 0.25) is 5.91 Å². The van der Waals surface area contributed by atoms with E-state index in [1.54, 1.807) is 0 Å². The van der Waals surface area contributed by atoms with Crippen LogP contribution in [0.25, 0.3) is 27.8 Å². The van der Waals surface area contributed by atoms with Crippen molar-refractivity contribution in [1.29, 1.82) is 0 Å². The quantitative estimate of drug-likeness (QED) is 0.365. The molecule has 34 heavy (non-hydrogen) atoms. The van der Waals surface area contributed by atoms with Gasteiger partial charge in [-0.2, -0.15) is 5.10 Å². The molecule has 2 aliphatic rings. The minimum atomic E-state index is -3.18. The Balaban J connectivity index is 1.47. The Hall–Kier alpha value is -3.54. The van der Waals surface area contributed by atoms with Gasteiger partial charge in [-0.15, -0.1) is 0 Å². The zero-order chi connectivity index (χ0) is 23.7. The Kier molecular flexibility index (Phi) is 4.63. The smallest absolute Gasteiger partial charge is 0.267 e. The summed E-state index contributed by atoms with van der Waals surface area (Å²) in [6.07, 6.45) is 1.40. The summed E-state index contributed by atoms with van der Waals surface area (Å²) in [6.45, 7) is 0. The number of nitrogens with one attached hydrogen (secondary N) is 2. The largest absolute Gasteiger partial charge is 0.388 e. The lowest BCUT2D eigenvalue weighted by molar-refractivity contribution is -0.117. The van der Waals surface area contributed by atoms with E-state index in [-0.39, 0.29) is 45.9 Å². The minimum absolute atomic E-state index is 0.0295. The molecular weight excluding hydrogens is 456 g/mol. The predicted octanol–water partition coefficient (Wildman–Crippen LogP) is 4.09. The fourth-order valence-electron chi connectivity index (χ4n) is 4.34. The Morgan fingerprint density at radius 1 is 1.24 bits per heavy atom. The molecule has 3 heterocycles. The average Bonchev–Trinajstić information content (AvgIpc) is 3.68. The summed E-state index contributed by atoms with van der Waals surface area (Å²) in [4.78, 5) is 20.4. The average molecular weight is 474 g/mol. The Bertz CT molecular complexity index is 1450. The first-order valence-corrected chi connectivity index (χ1v) is 10.8. The second-order valence-electron chi connectivity index (χ2n) is 8.77. The van der Waals surface area contributed by atoms with Crippen molar-refractivity contribution in [1.82, 2.24) is 24.6 Å². The van der Waals surface area contributed by atoms with Gasteiger partial charge in [0, 0.05) is 22.7 Å². The van der Waals surface area contributed by atoms with Gasteiger partial charge in [0.05, 0.1) is 47.4 Å². The predicted molar refractivity (Wildman–Crippen MR) is 112 cm³/mol. The second-order valence-corrected chi connectivity index (χ2v) is 8.77. The van der Waals surface area contributed by atoms with E-state index >= 15 is 4.39 Å². The zero-order valence-corrected chi connectivity index (χ0v) is 17.5. The number of aromatic nitrogens is 5. The number of carbonyl (C=O) groups excluding carboxylic acids is 1. The molecule has 2 fully saturated rings. The number of carbonyl (C=O) groups is 1. The summed E-state index contributed by atoms with van der Waals surface area (Å²) in [5, 5.41) is 19.8. The summed E-state index contributed by atoms with van der Waals surface area (Å²) in [5.74, 6) is -2.41. The molecule has 1 aromatic carbocycles. The number of hydrogen-bond donors (Lipinski definition) is 3. The molecule has 0 spiro atoms. The number of anilines is 1. The third kappa shape index (κ3) is 3.31. The minimum Gasteiger partial charge on any atom is -0.388 e. The molecule has 3 N–H and O–H groups in total. The van der Waals surface area contributed by atoms with Gasteiger partial charge in [0.25, 0.3) is 6.43 Å². The Morgan fingerprint density at radius 2 is 2.00 bits per heavy atom. The van der Waals surface area contributed by atoms with Gasteiger partial charge in [0.1, 0.15) is 12.0 Å². The number of rotatable bonds is 6. The molecule has 0 radical (unpaired) electrons. The number of imidazole rings is 1. The van der Waals surface area contributed by atoms with Crippen molar-refractivity contribution < 1.29 is 27.5 Å². The maximum Gasteiger partial charge on any atom is 0.267 e. The molecule has 3 aromatic heterocycles. The van der Waals surface area contributed by atoms with Crippen molar-refractivity contribution in [2.75, 3.05) is 5.32 Å². The maximum absolute atomic E-state index is 15.5. The summed E-state index contributed by atoms with van der Waals surface area (Å²) < 4.78 is 58.4. The normalized spacial score (nSPS) is 20.9. The van der Waals surface area contributed by atoms with Crippen LogP contribution in [0.4, 0.5) is 23.4 Å². The van der Waals surface area contributed by atoms with Crippen LogP contribution in [-0.2, 0) is 4.79 Å². The van der Waals surface area contributed by atoms with E-state index in [1.807, 2.05) is 0 Å². The van der Waals surface area contributed by atoms with Gasteiger partial charge >= 0.3 is 0 Å². The Morgan fingerprint density at radius 3 is 2.68 bits per heavy atom. The van der Waals surface area contributed by atoms with Gasteiger partial charge in [-0.25, -0.2) is 22.5 Å². The molecule has 1 unspecified atom stereocenters. The van der Waals surface area contributed by atoms with Crippen molar-refractivity contribution in [3.8, 4) is 11.3 Å². The molecule has 8 nitrogen and oxygen atoms in total. The van der Waals surface area contributed by atoms with E-state index < -0.39 is 41.9 Å². The first-order valence-electron chi connectivity index (χ1n) is 10.8. The highest BCUT2D eigenvalue weighted by Crippen LogP contribution is 2.47. The van der Waals surface area contributed by atoms with Crippen LogP contribution in [0.1, 0.15) is 42.9 Å². The fraction of sp³-hybridized carbons (Fsp3) is 0.364. The molecule has 0 aliphatic heterocycles. The highest BCUT2D eigenvalue weighted by molar-refractivity contribution is 5.98. The van der Waals surface area contributed by atoms with Crippen LogP contribution in [-0.4, -0.2) is 41.8 Å². The number of alkyl halides is 3. The number of aliphatic hydroxyl groups excluding tert-OH is 1. The number of aromatic amines is 1. The molecule has 0 saturated heterocycles. The van der Waals surface area contributed by atoms with E-state index in [0.29, 0.717) is 18.5 Å². The molecule has 176 valence electrons. The summed E-state index contributed by atoms with van der Waals surface area (Å²) in [5.41, 5.74) is -0.762. The van der Waals surface area contributed by atoms with Crippen molar-refractivity contribution in [2.24, 2.45) is 11.8 Å². The molecule has 2 aliphatic carbocycles. The van der Waals surface area contributed by atoms with Crippen molar-refractivity contribution in [3.05, 3.63) is 41.7 Å². The summed E-state index contributed by atoms with van der Waals surface area (Å²) in [7, 11) is 0. The standard InChI is InChI=1S/C22H18F4N6O2/c23-11-3-9(11)22(34)30-13-7-32-6-12(27-5-14(32)29-13)15-10-4-28-31-19(10)17(20(33)8-1-2-8)18(24)16(15)21(25)26/h4-9,11,20-21,33H,1-3H2,(H,28,31)(H,30,34)/t9-,11+,20?/m1/s1. The van der Waals surface area contributed by atoms with E-state index in [9.17, 15) is 23.1 Å². The van der Waals surface area contributed by atoms with Crippen LogP contribution in [0.15, 0.2) is 24.8 Å². The first-order chi connectivity index (χ1) is 16.3. The Labute approximate surface area is 189 Å². The van der Waals surface area contributed by atoms with Crippen LogP contribution in [0.3, 0.4) is 0 Å². The number of fused-ring (bicyclic) bond motifs is 2. The molecule has 2 saturated carbocycles. The highest BCUT2D eigenvalue weighted by Gasteiger charge is 2.44. The third-order valence-corrected chi connectivity index (χ3v) is 6.40. The van der Waals surface area contributed by atoms with Gasteiger partial charge < -0.3 is 14.8 Å². The van der Waals surface area contributed by atoms with Crippen molar-refractivity contribution in [3.63, 3.8) is 0 Å². The molecule has 0 bridgehead atoms. The van der Waals surface area contributed by atoms with Gasteiger partial charge in [-0.1, -0.05) is 0 Å². The number of halogens is 4. The third-order valence-electron chi connectivity index (χ3n) is 6.40. The molecule has 6 rings (SSSR count). The van der Waals surface area contributed by atoms with Crippen LogP contribution >= 0.6 is 0 Å². The highest BCUT2D eigenvalue weighted by atomic mass is 19.3. The van der Waals surface area contributed by atoms with Gasteiger partial charge in [-0.3, -0.25) is 14.9 Å². The van der Waals surface area contributed by atoms with Gasteiger partial charge in [-0.05, 0) is 25.2 Å². The molecule has 4 aromatic rings. The van der Waals surface area contributed by atoms with Gasteiger partial charge in [0.15, 0.2) is 11.5 Å². The zero-order valence-electron chi connectivity index (χ0n) is 17.5. The van der Waals surface area contributed by atoms with E-state index in [2.05, 4.69) is 25.5 Å². The number of aliphatic hydroxyl groups is 1. The first kappa shape index (κ1) is 21.0. The number of hydrogen-bond acceptors (Lipinski definition) is 5. The summed E-state index contributed by atoms with van der Waals surface area (Å²) >= 11 is 0. The summed E-state index contributed by atoms with van der Waals surface area (Å²) in [6, 6.07) is 0. The van der Waals surface area contributed by atoms with Crippen molar-refractivity contribution in [2.45, 2.75) is 38.0 Å². The lowest BCUT2D eigenvalue weighted by Gasteiger charge is -2.18. The SMILES string of the molecule is O=C(Nc1cn2cc(-c3c(C(F)F)c(F)c(C(O)C4CC4)c4[nH]ncc34)ncc2n1)[C@@H]1C[C@@H]1F. The monoisotopic (exact) mass is 474 g/mol. The van der Waals surface area contributed by atoms with Crippen LogP contribution in [0.2, 0.25) is 0 Å². The maximum atomic E-state index is 15.5.